The number of benzene rings is 2. The van der Waals surface area contributed by atoms with Gasteiger partial charge in [-0.15, -0.1) is 0 Å². The molecule has 1 aromatic heterocycles. The summed E-state index contributed by atoms with van der Waals surface area (Å²) in [7, 11) is 0. The molecule has 3 rings (SSSR count). The smallest absolute Gasteiger partial charge is 0.115 e. The van der Waals surface area contributed by atoms with Crippen molar-refractivity contribution in [2.24, 2.45) is 0 Å². The fourth-order valence-corrected chi connectivity index (χ4v) is 2.44. The van der Waals surface area contributed by atoms with Crippen LogP contribution in [0.1, 0.15) is 11.3 Å². The molecule has 0 fully saturated rings. The minimum atomic E-state index is 0.220. The molecule has 0 aliphatic heterocycles. The monoisotopic (exact) mass is 286 g/mol. The first kappa shape index (κ1) is 13.8. The van der Waals surface area contributed by atoms with Gasteiger partial charge in [0.25, 0.3) is 0 Å². The van der Waals surface area contributed by atoms with E-state index < -0.39 is 0 Å². The summed E-state index contributed by atoms with van der Waals surface area (Å²) in [4.78, 5) is 4.53. The summed E-state index contributed by atoms with van der Waals surface area (Å²) in [6.07, 6.45) is 0. The van der Waals surface area contributed by atoms with E-state index in [4.69, 9.17) is 0 Å². The molecule has 2 aromatic carbocycles. The van der Waals surface area contributed by atoms with Gasteiger partial charge in [-0.3, -0.25) is 4.98 Å². The van der Waals surface area contributed by atoms with Gasteiger partial charge in [0.05, 0.1) is 17.0 Å². The van der Waals surface area contributed by atoms with Gasteiger partial charge in [0.2, 0.25) is 0 Å². The number of aromatic hydroxyl groups is 1. The van der Waals surface area contributed by atoms with Crippen LogP contribution in [0.2, 0.25) is 0 Å². The molecule has 0 saturated heterocycles. The Kier molecular flexibility index (Phi) is 3.59. The molecule has 0 amide bonds. The Labute approximate surface area is 129 Å². The molecule has 0 bridgehead atoms. The van der Waals surface area contributed by atoms with Crippen LogP contribution in [-0.4, -0.2) is 10.1 Å². The summed E-state index contributed by atoms with van der Waals surface area (Å²) >= 11 is 0. The van der Waals surface area contributed by atoms with Crippen molar-refractivity contribution in [2.45, 2.75) is 6.92 Å². The zero-order valence-electron chi connectivity index (χ0n) is 12.1. The fraction of sp³-hybridized carbons (Fsp3) is 0.0526. The van der Waals surface area contributed by atoms with Crippen molar-refractivity contribution in [3.05, 3.63) is 71.9 Å². The van der Waals surface area contributed by atoms with Crippen LogP contribution in [0.4, 0.5) is 0 Å². The molecule has 0 unspecified atom stereocenters. The molecular formula is C19H14N2O. The Morgan fingerprint density at radius 1 is 0.955 bits per heavy atom. The maximum Gasteiger partial charge on any atom is 0.115 e. The Hall–Kier alpha value is -3.12. The molecule has 0 aliphatic carbocycles. The summed E-state index contributed by atoms with van der Waals surface area (Å²) in [6.45, 7) is 1.84. The van der Waals surface area contributed by atoms with E-state index in [1.807, 2.05) is 55.5 Å². The second kappa shape index (κ2) is 5.71. The lowest BCUT2D eigenvalue weighted by atomic mass is 9.97. The van der Waals surface area contributed by atoms with Gasteiger partial charge in [0, 0.05) is 11.1 Å². The van der Waals surface area contributed by atoms with E-state index in [0.29, 0.717) is 11.3 Å². The number of hydrogen-bond donors (Lipinski definition) is 1. The van der Waals surface area contributed by atoms with E-state index in [1.54, 1.807) is 12.1 Å². The number of nitrogens with zero attached hydrogens (tertiary/aromatic N) is 2. The van der Waals surface area contributed by atoms with Gasteiger partial charge < -0.3 is 5.11 Å². The lowest BCUT2D eigenvalue weighted by molar-refractivity contribution is 0.475. The molecule has 0 atom stereocenters. The average molecular weight is 286 g/mol. The van der Waals surface area contributed by atoms with E-state index in [-0.39, 0.29) is 5.75 Å². The topological polar surface area (TPSA) is 56.9 Å². The molecule has 0 radical (unpaired) electrons. The fourth-order valence-electron chi connectivity index (χ4n) is 2.44. The normalized spacial score (nSPS) is 10.2. The zero-order chi connectivity index (χ0) is 15.5. The van der Waals surface area contributed by atoms with Crippen molar-refractivity contribution in [3.63, 3.8) is 0 Å². The first-order chi connectivity index (χ1) is 10.7. The van der Waals surface area contributed by atoms with Gasteiger partial charge in [0.1, 0.15) is 11.8 Å². The van der Waals surface area contributed by atoms with Crippen LogP contribution in [-0.2, 0) is 0 Å². The second-order valence-electron chi connectivity index (χ2n) is 5.04. The summed E-state index contributed by atoms with van der Waals surface area (Å²) in [5.74, 6) is 0.220. The van der Waals surface area contributed by atoms with Crippen molar-refractivity contribution in [3.8, 4) is 34.2 Å². The third-order valence-corrected chi connectivity index (χ3v) is 3.56. The minimum absolute atomic E-state index is 0.220. The second-order valence-corrected chi connectivity index (χ2v) is 5.04. The van der Waals surface area contributed by atoms with Gasteiger partial charge in [-0.05, 0) is 42.8 Å². The maximum atomic E-state index is 9.44. The summed E-state index contributed by atoms with van der Waals surface area (Å²) in [6, 6.07) is 20.9. The minimum Gasteiger partial charge on any atom is -0.508 e. The first-order valence-electron chi connectivity index (χ1n) is 6.95. The molecule has 0 aliphatic rings. The van der Waals surface area contributed by atoms with E-state index in [9.17, 15) is 10.4 Å². The van der Waals surface area contributed by atoms with Crippen LogP contribution in [0, 0.1) is 18.3 Å². The number of aryl methyl sites for hydroxylation is 1. The van der Waals surface area contributed by atoms with Gasteiger partial charge >= 0.3 is 0 Å². The Balaban J connectivity index is 2.21. The molecule has 1 N–H and O–H groups in total. The highest BCUT2D eigenvalue weighted by molar-refractivity contribution is 5.76. The summed E-state index contributed by atoms with van der Waals surface area (Å²) in [5.41, 5.74) is 4.85. The van der Waals surface area contributed by atoms with E-state index in [0.717, 1.165) is 22.4 Å². The molecule has 0 saturated carbocycles. The number of rotatable bonds is 2. The number of aromatic nitrogens is 1. The highest BCUT2D eigenvalue weighted by atomic mass is 16.3. The van der Waals surface area contributed by atoms with Crippen LogP contribution >= 0.6 is 0 Å². The summed E-state index contributed by atoms with van der Waals surface area (Å²) < 4.78 is 0. The zero-order valence-corrected chi connectivity index (χ0v) is 12.1. The van der Waals surface area contributed by atoms with Gasteiger partial charge in [-0.2, -0.15) is 5.26 Å². The van der Waals surface area contributed by atoms with Crippen molar-refractivity contribution < 1.29 is 5.11 Å². The SMILES string of the molecule is Cc1nc(-c2ccc(O)cc2)cc(-c2ccccc2)c1C#N. The Bertz CT molecular complexity index is 847. The molecular weight excluding hydrogens is 272 g/mol. The third-order valence-electron chi connectivity index (χ3n) is 3.56. The number of nitriles is 1. The number of hydrogen-bond acceptors (Lipinski definition) is 3. The van der Waals surface area contributed by atoms with Crippen LogP contribution in [0.5, 0.6) is 5.75 Å². The van der Waals surface area contributed by atoms with E-state index >= 15 is 0 Å². The van der Waals surface area contributed by atoms with Crippen LogP contribution in [0.3, 0.4) is 0 Å². The quantitative estimate of drug-likeness (QED) is 0.764. The lowest BCUT2D eigenvalue weighted by Crippen LogP contribution is -1.95. The standard InChI is InChI=1S/C19H14N2O/c1-13-18(12-20)17(14-5-3-2-4-6-14)11-19(21-13)15-7-9-16(22)10-8-15/h2-11,22H,1H3. The number of phenolic OH excluding ortho intramolecular Hbond substituents is 1. The molecule has 106 valence electrons. The maximum absolute atomic E-state index is 9.44. The van der Waals surface area contributed by atoms with Crippen molar-refractivity contribution >= 4 is 0 Å². The molecule has 1 heterocycles. The van der Waals surface area contributed by atoms with E-state index in [1.165, 1.54) is 0 Å². The first-order valence-corrected chi connectivity index (χ1v) is 6.95. The molecule has 0 spiro atoms. The van der Waals surface area contributed by atoms with Crippen LogP contribution in [0.15, 0.2) is 60.7 Å². The Morgan fingerprint density at radius 2 is 1.64 bits per heavy atom. The van der Waals surface area contributed by atoms with Gasteiger partial charge in [-0.1, -0.05) is 30.3 Å². The molecule has 3 nitrogen and oxygen atoms in total. The van der Waals surface area contributed by atoms with E-state index in [2.05, 4.69) is 11.1 Å². The predicted molar refractivity (Wildman–Crippen MR) is 86.2 cm³/mol. The van der Waals surface area contributed by atoms with Crippen LogP contribution in [0.25, 0.3) is 22.4 Å². The average Bonchev–Trinajstić information content (AvgIpc) is 2.55. The predicted octanol–water partition coefficient (Wildman–Crippen LogP) is 4.30. The lowest BCUT2D eigenvalue weighted by Gasteiger charge is -2.10. The molecule has 3 aromatic rings. The van der Waals surface area contributed by atoms with Gasteiger partial charge in [0.15, 0.2) is 0 Å². The largest absolute Gasteiger partial charge is 0.508 e. The highest BCUT2D eigenvalue weighted by Crippen LogP contribution is 2.30. The summed E-state index contributed by atoms with van der Waals surface area (Å²) in [5, 5.41) is 18.8. The highest BCUT2D eigenvalue weighted by Gasteiger charge is 2.12. The number of pyridine rings is 1. The Morgan fingerprint density at radius 3 is 2.27 bits per heavy atom. The molecule has 3 heteroatoms. The number of phenols is 1. The molecule has 22 heavy (non-hydrogen) atoms. The third kappa shape index (κ3) is 2.55. The van der Waals surface area contributed by atoms with Crippen molar-refractivity contribution in [2.75, 3.05) is 0 Å². The van der Waals surface area contributed by atoms with Crippen molar-refractivity contribution in [1.29, 1.82) is 5.26 Å². The van der Waals surface area contributed by atoms with Crippen LogP contribution < -0.4 is 0 Å². The van der Waals surface area contributed by atoms with Crippen molar-refractivity contribution in [1.82, 2.24) is 4.98 Å². The van der Waals surface area contributed by atoms with Gasteiger partial charge in [-0.25, -0.2) is 0 Å².